The second-order valence-corrected chi connectivity index (χ2v) is 6.48. The summed E-state index contributed by atoms with van der Waals surface area (Å²) in [5.74, 6) is -0.406. The van der Waals surface area contributed by atoms with E-state index in [0.29, 0.717) is 17.1 Å². The highest BCUT2D eigenvalue weighted by atomic mass is 19.4. The molecule has 2 heterocycles. The molecule has 0 unspecified atom stereocenters. The van der Waals surface area contributed by atoms with Gasteiger partial charge < -0.3 is 4.74 Å². The molecule has 4 rings (SSSR count). The van der Waals surface area contributed by atoms with Crippen molar-refractivity contribution in [2.75, 3.05) is 6.61 Å². The number of halogens is 4. The summed E-state index contributed by atoms with van der Waals surface area (Å²) >= 11 is 0. The number of hydrogen-bond acceptors (Lipinski definition) is 4. The first-order valence-electron chi connectivity index (χ1n) is 9.00. The lowest BCUT2D eigenvalue weighted by Gasteiger charge is -2.11. The molecule has 10 heteroatoms. The van der Waals surface area contributed by atoms with Crippen molar-refractivity contribution in [2.24, 2.45) is 0 Å². The summed E-state index contributed by atoms with van der Waals surface area (Å²) in [4.78, 5) is 12.5. The Labute approximate surface area is 172 Å². The van der Waals surface area contributed by atoms with E-state index in [1.54, 1.807) is 12.1 Å². The first-order valence-corrected chi connectivity index (χ1v) is 9.00. The molecular formula is C21H14F4N4O2. The summed E-state index contributed by atoms with van der Waals surface area (Å²) in [5, 5.41) is 8.49. The maximum atomic E-state index is 13.6. The summed E-state index contributed by atoms with van der Waals surface area (Å²) in [6.07, 6.45) is -1.54. The molecule has 0 fully saturated rings. The van der Waals surface area contributed by atoms with Gasteiger partial charge in [-0.3, -0.25) is 4.79 Å². The van der Waals surface area contributed by atoms with Crippen molar-refractivity contribution in [1.82, 2.24) is 19.6 Å². The van der Waals surface area contributed by atoms with Gasteiger partial charge in [-0.2, -0.15) is 23.4 Å². The van der Waals surface area contributed by atoms with Crippen LogP contribution in [-0.4, -0.2) is 32.3 Å². The fraction of sp³-hybridized carbons (Fsp3) is 0.0952. The van der Waals surface area contributed by atoms with Crippen LogP contribution in [0.15, 0.2) is 77.9 Å². The molecule has 0 radical (unpaired) electrons. The Hall–Kier alpha value is -3.95. The topological polar surface area (TPSA) is 61.9 Å². The molecule has 0 atom stereocenters. The van der Waals surface area contributed by atoms with Gasteiger partial charge in [0.2, 0.25) is 5.43 Å². The molecule has 0 bridgehead atoms. The van der Waals surface area contributed by atoms with Crippen molar-refractivity contribution in [3.8, 4) is 28.5 Å². The molecule has 0 aliphatic carbocycles. The molecule has 0 N–H and O–H groups in total. The van der Waals surface area contributed by atoms with Gasteiger partial charge in [-0.25, -0.2) is 13.8 Å². The number of ether oxygens (including phenoxy) is 1. The van der Waals surface area contributed by atoms with Crippen LogP contribution in [0.2, 0.25) is 0 Å². The van der Waals surface area contributed by atoms with Crippen LogP contribution in [0, 0.1) is 5.82 Å². The van der Waals surface area contributed by atoms with Crippen molar-refractivity contribution in [3.05, 3.63) is 89.1 Å². The van der Waals surface area contributed by atoms with Crippen LogP contribution in [0.3, 0.4) is 0 Å². The molecule has 4 aromatic rings. The van der Waals surface area contributed by atoms with Gasteiger partial charge in [-0.05, 0) is 48.5 Å². The zero-order chi connectivity index (χ0) is 22.0. The van der Waals surface area contributed by atoms with Gasteiger partial charge >= 0.3 is 6.18 Å². The van der Waals surface area contributed by atoms with Crippen molar-refractivity contribution >= 4 is 0 Å². The van der Waals surface area contributed by atoms with Crippen molar-refractivity contribution in [1.29, 1.82) is 0 Å². The van der Waals surface area contributed by atoms with Crippen molar-refractivity contribution < 1.29 is 22.3 Å². The highest BCUT2D eigenvalue weighted by Crippen LogP contribution is 2.21. The number of alkyl halides is 3. The Kier molecular flexibility index (Phi) is 5.28. The monoisotopic (exact) mass is 430 g/mol. The maximum Gasteiger partial charge on any atom is 0.422 e. The lowest BCUT2D eigenvalue weighted by molar-refractivity contribution is -0.153. The quantitative estimate of drug-likeness (QED) is 0.446. The van der Waals surface area contributed by atoms with Crippen LogP contribution in [0.4, 0.5) is 17.6 Å². The summed E-state index contributed by atoms with van der Waals surface area (Å²) in [5.41, 5.74) is 0.969. The average molecular weight is 430 g/mol. The molecule has 6 nitrogen and oxygen atoms in total. The maximum absolute atomic E-state index is 13.6. The van der Waals surface area contributed by atoms with Crippen LogP contribution in [-0.2, 0) is 0 Å². The molecule has 2 aromatic heterocycles. The Morgan fingerprint density at radius 3 is 2.45 bits per heavy atom. The van der Waals surface area contributed by atoms with E-state index >= 15 is 0 Å². The van der Waals surface area contributed by atoms with Gasteiger partial charge in [-0.15, -0.1) is 0 Å². The lowest BCUT2D eigenvalue weighted by Crippen LogP contribution is -2.19. The number of hydrogen-bond donors (Lipinski definition) is 0. The Balaban J connectivity index is 1.67. The van der Waals surface area contributed by atoms with E-state index in [4.69, 9.17) is 4.74 Å². The first kappa shape index (κ1) is 20.3. The summed E-state index contributed by atoms with van der Waals surface area (Å²) in [6.45, 7) is -1.39. The van der Waals surface area contributed by atoms with Gasteiger partial charge in [-0.1, -0.05) is 6.07 Å². The second kappa shape index (κ2) is 8.05. The van der Waals surface area contributed by atoms with Gasteiger partial charge in [0.1, 0.15) is 11.6 Å². The third-order valence-electron chi connectivity index (χ3n) is 4.25. The van der Waals surface area contributed by atoms with Crippen molar-refractivity contribution in [3.63, 3.8) is 0 Å². The van der Waals surface area contributed by atoms with Gasteiger partial charge in [0.25, 0.3) is 0 Å². The summed E-state index contributed by atoms with van der Waals surface area (Å²) in [7, 11) is 0. The van der Waals surface area contributed by atoms with Crippen LogP contribution < -0.4 is 10.2 Å². The van der Waals surface area contributed by atoms with Gasteiger partial charge in [0, 0.05) is 12.3 Å². The number of aromatic nitrogens is 4. The Morgan fingerprint density at radius 1 is 0.968 bits per heavy atom. The minimum atomic E-state index is -4.43. The fourth-order valence-electron chi connectivity index (χ4n) is 2.89. The fourth-order valence-corrected chi connectivity index (χ4v) is 2.89. The molecule has 0 aliphatic heterocycles. The molecular weight excluding hydrogens is 416 g/mol. The molecule has 0 saturated heterocycles. The minimum absolute atomic E-state index is 0.0477. The van der Waals surface area contributed by atoms with E-state index < -0.39 is 18.6 Å². The van der Waals surface area contributed by atoms with Crippen LogP contribution in [0.1, 0.15) is 0 Å². The number of benzene rings is 2. The third-order valence-corrected chi connectivity index (χ3v) is 4.25. The molecule has 0 spiro atoms. The minimum Gasteiger partial charge on any atom is -0.484 e. The largest absolute Gasteiger partial charge is 0.484 e. The smallest absolute Gasteiger partial charge is 0.422 e. The van der Waals surface area contributed by atoms with E-state index in [1.165, 1.54) is 70.3 Å². The number of rotatable bonds is 5. The lowest BCUT2D eigenvalue weighted by atomic mass is 10.2. The van der Waals surface area contributed by atoms with E-state index in [9.17, 15) is 22.4 Å². The van der Waals surface area contributed by atoms with Gasteiger partial charge in [0.15, 0.2) is 12.3 Å². The highest BCUT2D eigenvalue weighted by molar-refractivity contribution is 5.57. The zero-order valence-electron chi connectivity index (χ0n) is 15.8. The molecule has 0 aliphatic rings. The Bertz CT molecular complexity index is 1260. The third kappa shape index (κ3) is 4.63. The molecule has 0 saturated carbocycles. The summed E-state index contributed by atoms with van der Waals surface area (Å²) < 4.78 is 57.9. The van der Waals surface area contributed by atoms with E-state index in [1.807, 2.05) is 0 Å². The highest BCUT2D eigenvalue weighted by Gasteiger charge is 2.28. The molecule has 2 aromatic carbocycles. The van der Waals surface area contributed by atoms with Crippen LogP contribution in [0.25, 0.3) is 22.8 Å². The first-order chi connectivity index (χ1) is 14.8. The van der Waals surface area contributed by atoms with Crippen LogP contribution in [0.5, 0.6) is 5.75 Å². The number of nitrogens with zero attached hydrogens (tertiary/aromatic N) is 4. The Morgan fingerprint density at radius 2 is 1.74 bits per heavy atom. The van der Waals surface area contributed by atoms with E-state index in [2.05, 4.69) is 10.2 Å². The predicted molar refractivity (Wildman–Crippen MR) is 104 cm³/mol. The van der Waals surface area contributed by atoms with E-state index in [0.717, 1.165) is 0 Å². The normalized spacial score (nSPS) is 11.5. The second-order valence-electron chi connectivity index (χ2n) is 6.48. The molecule has 0 amide bonds. The average Bonchev–Trinajstić information content (AvgIpc) is 3.22. The molecule has 31 heavy (non-hydrogen) atoms. The van der Waals surface area contributed by atoms with Crippen LogP contribution >= 0.6 is 0 Å². The zero-order valence-corrected chi connectivity index (χ0v) is 15.8. The SMILES string of the molecule is O=c1ccn(-c2ccc(OCC(F)(F)F)cc2)nc1-c1ccnn1-c1cccc(F)c1. The van der Waals surface area contributed by atoms with Gasteiger partial charge in [0.05, 0.1) is 23.3 Å². The molecule has 158 valence electrons. The summed E-state index contributed by atoms with van der Waals surface area (Å²) in [6, 6.07) is 14.4. The van der Waals surface area contributed by atoms with E-state index in [-0.39, 0.29) is 16.9 Å². The van der Waals surface area contributed by atoms with Crippen molar-refractivity contribution in [2.45, 2.75) is 6.18 Å². The standard InChI is InChI=1S/C21H14F4N4O2/c22-14-2-1-3-16(12-14)29-18(8-10-26-29)20-19(30)9-11-28(27-20)15-4-6-17(7-5-15)31-13-21(23,24)25/h1-12H,13H2. The predicted octanol–water partition coefficient (Wildman–Crippen LogP) is 4.17.